The van der Waals surface area contributed by atoms with Gasteiger partial charge >= 0.3 is 0 Å². The maximum absolute atomic E-state index is 12.1. The number of benzene rings is 1. The molecule has 1 heterocycles. The van der Waals surface area contributed by atoms with Crippen LogP contribution in [0, 0.1) is 6.92 Å². The van der Waals surface area contributed by atoms with Crippen LogP contribution in [0.4, 0.5) is 0 Å². The summed E-state index contributed by atoms with van der Waals surface area (Å²) in [5, 5.41) is 11.0. The van der Waals surface area contributed by atoms with E-state index in [2.05, 4.69) is 36.1 Å². The summed E-state index contributed by atoms with van der Waals surface area (Å²) in [6.45, 7) is 2.41. The van der Waals surface area contributed by atoms with Gasteiger partial charge in [-0.15, -0.1) is 10.2 Å². The van der Waals surface area contributed by atoms with E-state index in [1.54, 1.807) is 18.2 Å². The number of rotatable bonds is 5. The number of nitrogens with one attached hydrogen (secondary N) is 1. The third-order valence-corrected chi connectivity index (χ3v) is 4.81. The van der Waals surface area contributed by atoms with E-state index in [0.717, 1.165) is 5.56 Å². The van der Waals surface area contributed by atoms with Crippen molar-refractivity contribution in [1.29, 1.82) is 0 Å². The molecule has 9 heteroatoms. The lowest BCUT2D eigenvalue weighted by Gasteiger charge is -2.08. The van der Waals surface area contributed by atoms with Gasteiger partial charge in [-0.3, -0.25) is 0 Å². The van der Waals surface area contributed by atoms with Crippen LogP contribution in [0.25, 0.3) is 0 Å². The number of aryl methyl sites for hydroxylation is 1. The highest BCUT2D eigenvalue weighted by atomic mass is 79.9. The number of tetrazole rings is 1. The molecule has 0 aliphatic rings. The Kier molecular flexibility index (Phi) is 4.27. The van der Waals surface area contributed by atoms with Gasteiger partial charge in [-0.1, -0.05) is 6.07 Å². The molecule has 0 radical (unpaired) electrons. The molecule has 2 aromatic rings. The van der Waals surface area contributed by atoms with Crippen LogP contribution in [0.5, 0.6) is 0 Å². The zero-order valence-electron chi connectivity index (χ0n) is 10.1. The zero-order valence-corrected chi connectivity index (χ0v) is 12.5. The minimum atomic E-state index is -3.55. The van der Waals surface area contributed by atoms with Gasteiger partial charge < -0.3 is 0 Å². The maximum atomic E-state index is 12.1. The molecular formula is C10H12BrN5O2S. The highest BCUT2D eigenvalue weighted by Gasteiger charge is 2.16. The predicted molar refractivity (Wildman–Crippen MR) is 71.9 cm³/mol. The zero-order chi connectivity index (χ0) is 13.9. The summed E-state index contributed by atoms with van der Waals surface area (Å²) in [6, 6.07) is 5.07. The molecule has 0 saturated heterocycles. The van der Waals surface area contributed by atoms with Gasteiger partial charge in [0.1, 0.15) is 0 Å². The van der Waals surface area contributed by atoms with Crippen LogP contribution in [-0.2, 0) is 16.6 Å². The van der Waals surface area contributed by atoms with E-state index < -0.39 is 10.0 Å². The van der Waals surface area contributed by atoms with E-state index in [4.69, 9.17) is 0 Å². The number of aromatic nitrogens is 4. The summed E-state index contributed by atoms with van der Waals surface area (Å²) < 4.78 is 27.2. The molecule has 0 bridgehead atoms. The lowest BCUT2D eigenvalue weighted by atomic mass is 10.2. The van der Waals surface area contributed by atoms with Crippen molar-refractivity contribution in [3.05, 3.63) is 34.6 Å². The summed E-state index contributed by atoms with van der Waals surface area (Å²) in [5.41, 5.74) is 0.984. The fourth-order valence-corrected chi connectivity index (χ4v) is 3.68. The average molecular weight is 346 g/mol. The molecule has 0 saturated carbocycles. The van der Waals surface area contributed by atoms with Gasteiger partial charge in [0.15, 0.2) is 6.33 Å². The van der Waals surface area contributed by atoms with Gasteiger partial charge in [0.25, 0.3) is 0 Å². The van der Waals surface area contributed by atoms with Gasteiger partial charge in [-0.05, 0) is 45.8 Å². The van der Waals surface area contributed by atoms with E-state index in [1.165, 1.54) is 11.1 Å². The Bertz CT molecular complexity index is 657. The smallest absolute Gasteiger partial charge is 0.209 e. The fraction of sp³-hybridized carbons (Fsp3) is 0.300. The molecule has 0 atom stereocenters. The fourth-order valence-electron chi connectivity index (χ4n) is 1.47. The summed E-state index contributed by atoms with van der Waals surface area (Å²) in [6.07, 6.45) is 1.30. The Labute approximate surface area is 119 Å². The number of halogens is 1. The van der Waals surface area contributed by atoms with Crippen LogP contribution >= 0.6 is 15.9 Å². The number of sulfonamides is 1. The first-order chi connectivity index (χ1) is 8.99. The summed E-state index contributed by atoms with van der Waals surface area (Å²) >= 11 is 3.25. The van der Waals surface area contributed by atoms with Crippen LogP contribution in [-0.4, -0.2) is 35.2 Å². The Morgan fingerprint density at radius 1 is 1.42 bits per heavy atom. The highest BCUT2D eigenvalue weighted by Crippen LogP contribution is 2.22. The molecule has 0 amide bonds. The molecular weight excluding hydrogens is 334 g/mol. The van der Waals surface area contributed by atoms with Crippen molar-refractivity contribution < 1.29 is 8.42 Å². The average Bonchev–Trinajstić information content (AvgIpc) is 2.81. The second kappa shape index (κ2) is 5.76. The normalized spacial score (nSPS) is 11.7. The van der Waals surface area contributed by atoms with E-state index in [0.29, 0.717) is 11.0 Å². The first-order valence-electron chi connectivity index (χ1n) is 5.45. The molecule has 0 aliphatic carbocycles. The Hall–Kier alpha value is -1.32. The van der Waals surface area contributed by atoms with E-state index >= 15 is 0 Å². The number of nitrogens with zero attached hydrogens (tertiary/aromatic N) is 4. The van der Waals surface area contributed by atoms with Crippen molar-refractivity contribution in [2.75, 3.05) is 6.54 Å². The van der Waals surface area contributed by atoms with Gasteiger partial charge in [0.05, 0.1) is 11.4 Å². The third-order valence-electron chi connectivity index (χ3n) is 2.37. The molecule has 102 valence electrons. The third kappa shape index (κ3) is 3.58. The molecule has 1 aromatic carbocycles. The monoisotopic (exact) mass is 345 g/mol. The predicted octanol–water partition coefficient (Wildman–Crippen LogP) is 0.723. The van der Waals surface area contributed by atoms with Crippen molar-refractivity contribution in [3.8, 4) is 0 Å². The Morgan fingerprint density at radius 2 is 2.21 bits per heavy atom. The lowest BCUT2D eigenvalue weighted by Crippen LogP contribution is -2.28. The molecule has 7 nitrogen and oxygen atoms in total. The molecule has 1 aromatic heterocycles. The largest absolute Gasteiger partial charge is 0.241 e. The number of hydrogen-bond donors (Lipinski definition) is 1. The van der Waals surface area contributed by atoms with Crippen molar-refractivity contribution in [1.82, 2.24) is 24.9 Å². The Balaban J connectivity index is 2.05. The van der Waals surface area contributed by atoms with Crippen LogP contribution in [0.1, 0.15) is 5.56 Å². The van der Waals surface area contributed by atoms with Crippen LogP contribution in [0.15, 0.2) is 33.9 Å². The SMILES string of the molecule is Cc1ccc(S(=O)(=O)NCCn2ncnn2)c(Br)c1. The summed E-state index contributed by atoms with van der Waals surface area (Å²) in [7, 11) is -3.55. The van der Waals surface area contributed by atoms with Gasteiger partial charge in [0, 0.05) is 11.0 Å². The first kappa shape index (κ1) is 14.1. The van der Waals surface area contributed by atoms with E-state index in [-0.39, 0.29) is 11.4 Å². The van der Waals surface area contributed by atoms with Crippen LogP contribution in [0.2, 0.25) is 0 Å². The first-order valence-corrected chi connectivity index (χ1v) is 7.73. The molecule has 0 fully saturated rings. The summed E-state index contributed by atoms with van der Waals surface area (Å²) in [5.74, 6) is 0. The van der Waals surface area contributed by atoms with Crippen molar-refractivity contribution in [2.24, 2.45) is 0 Å². The second-order valence-corrected chi connectivity index (χ2v) is 6.45. The van der Waals surface area contributed by atoms with Gasteiger partial charge in [-0.2, -0.15) is 4.80 Å². The minimum absolute atomic E-state index is 0.193. The number of hydrogen-bond acceptors (Lipinski definition) is 5. The van der Waals surface area contributed by atoms with E-state index in [1.807, 2.05) is 6.92 Å². The van der Waals surface area contributed by atoms with Crippen molar-refractivity contribution in [3.63, 3.8) is 0 Å². The lowest BCUT2D eigenvalue weighted by molar-refractivity contribution is 0.510. The molecule has 0 spiro atoms. The molecule has 0 unspecified atom stereocenters. The van der Waals surface area contributed by atoms with Gasteiger partial charge in [0.2, 0.25) is 10.0 Å². The summed E-state index contributed by atoms with van der Waals surface area (Å²) in [4.78, 5) is 1.52. The molecule has 19 heavy (non-hydrogen) atoms. The molecule has 1 N–H and O–H groups in total. The molecule has 2 rings (SSSR count). The van der Waals surface area contributed by atoms with Gasteiger partial charge in [-0.25, -0.2) is 13.1 Å². The second-order valence-electron chi connectivity index (χ2n) is 3.86. The maximum Gasteiger partial charge on any atom is 0.241 e. The van der Waals surface area contributed by atoms with E-state index in [9.17, 15) is 8.42 Å². The topological polar surface area (TPSA) is 89.8 Å². The van der Waals surface area contributed by atoms with Crippen molar-refractivity contribution >= 4 is 26.0 Å². The van der Waals surface area contributed by atoms with Crippen LogP contribution < -0.4 is 4.72 Å². The highest BCUT2D eigenvalue weighted by molar-refractivity contribution is 9.10. The minimum Gasteiger partial charge on any atom is -0.209 e. The quantitative estimate of drug-likeness (QED) is 0.862. The van der Waals surface area contributed by atoms with Crippen LogP contribution in [0.3, 0.4) is 0 Å². The molecule has 0 aliphatic heterocycles. The van der Waals surface area contributed by atoms with Crippen molar-refractivity contribution in [2.45, 2.75) is 18.4 Å². The standard InChI is InChI=1S/C10H12BrN5O2S/c1-8-2-3-10(9(11)6-8)19(17,18)14-4-5-16-13-7-12-15-16/h2-3,6-7,14H,4-5H2,1H3. The Morgan fingerprint density at radius 3 is 2.84 bits per heavy atom.